The van der Waals surface area contributed by atoms with Gasteiger partial charge < -0.3 is 14.6 Å². The van der Waals surface area contributed by atoms with E-state index < -0.39 is 15.6 Å². The fraction of sp³-hybridized carbons (Fsp3) is 0.625. The molecule has 0 aliphatic carbocycles. The van der Waals surface area contributed by atoms with Gasteiger partial charge in [-0.2, -0.15) is 0 Å². The molecular weight excluding hydrogens is 304 g/mol. The van der Waals surface area contributed by atoms with Gasteiger partial charge in [-0.25, -0.2) is 8.42 Å². The maximum absolute atomic E-state index is 12.3. The molecule has 0 spiro atoms. The summed E-state index contributed by atoms with van der Waals surface area (Å²) >= 11 is 0. The molecule has 1 aliphatic heterocycles. The van der Waals surface area contributed by atoms with Crippen molar-refractivity contribution in [2.24, 2.45) is 5.92 Å². The summed E-state index contributed by atoms with van der Waals surface area (Å²) in [7, 11) is -3.37. The molecule has 0 saturated carbocycles. The fourth-order valence-electron chi connectivity index (χ4n) is 2.59. The van der Waals surface area contributed by atoms with Crippen LogP contribution in [0.2, 0.25) is 0 Å². The molecule has 1 heterocycles. The Bertz CT molecular complexity index is 567. The summed E-state index contributed by atoms with van der Waals surface area (Å²) in [5.41, 5.74) is 0. The van der Waals surface area contributed by atoms with Gasteiger partial charge >= 0.3 is 0 Å². The SMILES string of the molecule is CC1(C)OCC(CCC(CO)CS(=O)(=O)c2ccccc2)O1. The molecule has 0 amide bonds. The zero-order chi connectivity index (χ0) is 16.2. The first-order valence-corrected chi connectivity index (χ1v) is 9.18. The van der Waals surface area contributed by atoms with Crippen LogP contribution in [0, 0.1) is 5.92 Å². The average molecular weight is 328 g/mol. The highest BCUT2D eigenvalue weighted by Gasteiger charge is 2.33. The van der Waals surface area contributed by atoms with Crippen LogP contribution < -0.4 is 0 Å². The van der Waals surface area contributed by atoms with E-state index >= 15 is 0 Å². The van der Waals surface area contributed by atoms with Crippen molar-refractivity contribution in [1.29, 1.82) is 0 Å². The number of hydrogen-bond donors (Lipinski definition) is 1. The molecule has 1 fully saturated rings. The van der Waals surface area contributed by atoms with Crippen molar-refractivity contribution < 1.29 is 23.0 Å². The standard InChI is InChI=1S/C16H24O5S/c1-16(2)20-11-14(21-16)9-8-13(10-17)12-22(18,19)15-6-4-3-5-7-15/h3-7,13-14,17H,8-12H2,1-2H3. The Hall–Kier alpha value is -0.950. The maximum Gasteiger partial charge on any atom is 0.178 e. The van der Waals surface area contributed by atoms with Crippen molar-refractivity contribution in [2.45, 2.75) is 43.5 Å². The summed E-state index contributed by atoms with van der Waals surface area (Å²) in [5, 5.41) is 9.48. The zero-order valence-corrected chi connectivity index (χ0v) is 13.9. The molecule has 0 aromatic heterocycles. The molecule has 22 heavy (non-hydrogen) atoms. The van der Waals surface area contributed by atoms with Crippen molar-refractivity contribution in [3.05, 3.63) is 30.3 Å². The lowest BCUT2D eigenvalue weighted by molar-refractivity contribution is -0.139. The van der Waals surface area contributed by atoms with E-state index in [2.05, 4.69) is 0 Å². The van der Waals surface area contributed by atoms with Crippen molar-refractivity contribution >= 4 is 9.84 Å². The van der Waals surface area contributed by atoms with E-state index in [-0.39, 0.29) is 24.4 Å². The third-order valence-electron chi connectivity index (χ3n) is 3.78. The predicted octanol–water partition coefficient (Wildman–Crippen LogP) is 2.00. The summed E-state index contributed by atoms with van der Waals surface area (Å²) < 4.78 is 35.9. The van der Waals surface area contributed by atoms with Crippen LogP contribution in [0.15, 0.2) is 35.2 Å². The normalized spacial score (nSPS) is 22.6. The first-order valence-electron chi connectivity index (χ1n) is 7.53. The van der Waals surface area contributed by atoms with Crippen LogP contribution in [0.1, 0.15) is 26.7 Å². The highest BCUT2D eigenvalue weighted by Crippen LogP contribution is 2.26. The Balaban J connectivity index is 1.90. The molecular formula is C16H24O5S. The van der Waals surface area contributed by atoms with Gasteiger partial charge in [0.25, 0.3) is 0 Å². The van der Waals surface area contributed by atoms with Crippen LogP contribution in [0.3, 0.4) is 0 Å². The number of hydrogen-bond acceptors (Lipinski definition) is 5. The van der Waals surface area contributed by atoms with Crippen LogP contribution in [0.4, 0.5) is 0 Å². The molecule has 0 radical (unpaired) electrons. The van der Waals surface area contributed by atoms with Crippen molar-refractivity contribution in [1.82, 2.24) is 0 Å². The summed E-state index contributed by atoms with van der Waals surface area (Å²) in [5.74, 6) is -0.919. The van der Waals surface area contributed by atoms with E-state index in [1.165, 1.54) is 0 Å². The quantitative estimate of drug-likeness (QED) is 0.829. The summed E-state index contributed by atoms with van der Waals surface area (Å²) in [4.78, 5) is 0.301. The van der Waals surface area contributed by atoms with E-state index in [4.69, 9.17) is 9.47 Å². The highest BCUT2D eigenvalue weighted by atomic mass is 32.2. The summed E-state index contributed by atoms with van der Waals surface area (Å²) in [6, 6.07) is 8.35. The minimum Gasteiger partial charge on any atom is -0.396 e. The molecule has 1 aromatic carbocycles. The molecule has 2 atom stereocenters. The smallest absolute Gasteiger partial charge is 0.178 e. The number of aliphatic hydroxyl groups is 1. The van der Waals surface area contributed by atoms with E-state index in [0.717, 1.165) is 0 Å². The number of ether oxygens (including phenoxy) is 2. The Morgan fingerprint density at radius 1 is 1.32 bits per heavy atom. The fourth-order valence-corrected chi connectivity index (χ4v) is 4.25. The van der Waals surface area contributed by atoms with Gasteiger partial charge in [-0.3, -0.25) is 0 Å². The van der Waals surface area contributed by atoms with Crippen LogP contribution in [0.5, 0.6) is 0 Å². The molecule has 6 heteroatoms. The number of sulfone groups is 1. The van der Waals surface area contributed by atoms with Crippen molar-refractivity contribution in [2.75, 3.05) is 19.0 Å². The Morgan fingerprint density at radius 2 is 2.00 bits per heavy atom. The van der Waals surface area contributed by atoms with Crippen molar-refractivity contribution in [3.63, 3.8) is 0 Å². The molecule has 5 nitrogen and oxygen atoms in total. The Morgan fingerprint density at radius 3 is 2.55 bits per heavy atom. The Labute approximate surface area is 132 Å². The molecule has 1 aromatic rings. The van der Waals surface area contributed by atoms with Crippen molar-refractivity contribution in [3.8, 4) is 0 Å². The molecule has 1 saturated heterocycles. The third-order valence-corrected chi connectivity index (χ3v) is 5.68. The van der Waals surface area contributed by atoms with Gasteiger partial charge in [-0.15, -0.1) is 0 Å². The monoisotopic (exact) mass is 328 g/mol. The van der Waals surface area contributed by atoms with E-state index in [9.17, 15) is 13.5 Å². The van der Waals surface area contributed by atoms with Crippen LogP contribution in [-0.4, -0.2) is 44.4 Å². The maximum atomic E-state index is 12.3. The average Bonchev–Trinajstić information content (AvgIpc) is 2.83. The van der Waals surface area contributed by atoms with Crippen LogP contribution in [-0.2, 0) is 19.3 Å². The second-order valence-electron chi connectivity index (χ2n) is 6.17. The van der Waals surface area contributed by atoms with E-state index in [1.807, 2.05) is 13.8 Å². The lowest BCUT2D eigenvalue weighted by atomic mass is 10.0. The first kappa shape index (κ1) is 17.4. The van der Waals surface area contributed by atoms with Gasteiger partial charge in [0, 0.05) is 6.61 Å². The van der Waals surface area contributed by atoms with Crippen LogP contribution >= 0.6 is 0 Å². The number of aliphatic hydroxyl groups excluding tert-OH is 1. The minimum absolute atomic E-state index is 0.0384. The van der Waals surface area contributed by atoms with Gasteiger partial charge in [0.1, 0.15) is 0 Å². The minimum atomic E-state index is -3.37. The molecule has 2 rings (SSSR count). The largest absolute Gasteiger partial charge is 0.396 e. The lowest BCUT2D eigenvalue weighted by Crippen LogP contribution is -2.24. The lowest BCUT2D eigenvalue weighted by Gasteiger charge is -2.19. The van der Waals surface area contributed by atoms with E-state index in [1.54, 1.807) is 30.3 Å². The van der Waals surface area contributed by atoms with Gasteiger partial charge in [0.05, 0.1) is 23.4 Å². The molecule has 2 unspecified atom stereocenters. The first-order chi connectivity index (χ1) is 10.3. The highest BCUT2D eigenvalue weighted by molar-refractivity contribution is 7.91. The molecule has 1 aliphatic rings. The number of rotatable bonds is 7. The topological polar surface area (TPSA) is 72.8 Å². The third kappa shape index (κ3) is 4.78. The number of benzene rings is 1. The molecule has 124 valence electrons. The zero-order valence-electron chi connectivity index (χ0n) is 13.1. The van der Waals surface area contributed by atoms with Gasteiger partial charge in [0.15, 0.2) is 15.6 Å². The van der Waals surface area contributed by atoms with Gasteiger partial charge in [-0.05, 0) is 44.7 Å². The second kappa shape index (κ2) is 7.08. The van der Waals surface area contributed by atoms with Gasteiger partial charge in [0.2, 0.25) is 0 Å². The van der Waals surface area contributed by atoms with Crippen LogP contribution in [0.25, 0.3) is 0 Å². The second-order valence-corrected chi connectivity index (χ2v) is 8.21. The molecule has 1 N–H and O–H groups in total. The molecule has 0 bridgehead atoms. The van der Waals surface area contributed by atoms with E-state index in [0.29, 0.717) is 24.3 Å². The summed E-state index contributed by atoms with van der Waals surface area (Å²) in [6.45, 7) is 4.08. The Kier molecular flexibility index (Phi) is 5.60. The predicted molar refractivity (Wildman–Crippen MR) is 83.2 cm³/mol. The van der Waals surface area contributed by atoms with Gasteiger partial charge in [-0.1, -0.05) is 18.2 Å². The summed E-state index contributed by atoms with van der Waals surface area (Å²) in [6.07, 6.45) is 1.23.